The van der Waals surface area contributed by atoms with Gasteiger partial charge in [0.15, 0.2) is 0 Å². The zero-order valence-corrected chi connectivity index (χ0v) is 19.3. The summed E-state index contributed by atoms with van der Waals surface area (Å²) in [5, 5.41) is 14.8. The highest BCUT2D eigenvalue weighted by molar-refractivity contribution is 5.88. The van der Waals surface area contributed by atoms with E-state index in [2.05, 4.69) is 41.5 Å². The van der Waals surface area contributed by atoms with Crippen LogP contribution in [0.3, 0.4) is 0 Å². The van der Waals surface area contributed by atoms with Gasteiger partial charge in [0.05, 0.1) is 5.41 Å². The molecule has 1 fully saturated rings. The Hall–Kier alpha value is -3.61. The van der Waals surface area contributed by atoms with Crippen LogP contribution in [-0.4, -0.2) is 41.8 Å². The molecule has 0 aliphatic heterocycles. The minimum atomic E-state index is -1.11. The van der Waals surface area contributed by atoms with Crippen molar-refractivity contribution in [3.8, 4) is 11.1 Å². The van der Waals surface area contributed by atoms with E-state index in [1.807, 2.05) is 24.3 Å². The molecule has 178 valence electrons. The predicted molar refractivity (Wildman–Crippen MR) is 128 cm³/mol. The zero-order valence-electron chi connectivity index (χ0n) is 19.3. The lowest BCUT2D eigenvalue weighted by molar-refractivity contribution is -0.143. The number of hydrogen-bond donors (Lipinski definition) is 3. The van der Waals surface area contributed by atoms with Crippen LogP contribution in [0.5, 0.6) is 0 Å². The number of aliphatic carboxylic acids is 1. The first-order valence-electron chi connectivity index (χ1n) is 11.6. The molecule has 2 aromatic carbocycles. The molecule has 3 unspecified atom stereocenters. The molecule has 2 amide bonds. The number of benzene rings is 2. The molecule has 1 saturated carbocycles. The smallest absolute Gasteiger partial charge is 0.407 e. The summed E-state index contributed by atoms with van der Waals surface area (Å²) in [6.07, 6.45) is 2.93. The molecule has 3 atom stereocenters. The maximum Gasteiger partial charge on any atom is 0.407 e. The quantitative estimate of drug-likeness (QED) is 0.509. The van der Waals surface area contributed by atoms with Crippen LogP contribution < -0.4 is 10.6 Å². The van der Waals surface area contributed by atoms with Gasteiger partial charge >= 0.3 is 12.1 Å². The second kappa shape index (κ2) is 9.71. The number of alkyl carbamates (subject to hydrolysis) is 1. The minimum Gasteiger partial charge on any atom is -0.480 e. The van der Waals surface area contributed by atoms with E-state index >= 15 is 0 Å². The van der Waals surface area contributed by atoms with Crippen molar-refractivity contribution in [1.82, 2.24) is 10.6 Å². The fraction of sp³-hybridized carbons (Fsp3) is 0.370. The monoisotopic (exact) mass is 462 g/mol. The van der Waals surface area contributed by atoms with Crippen LogP contribution in [0, 0.1) is 5.41 Å². The summed E-state index contributed by atoms with van der Waals surface area (Å²) in [6.45, 7) is 5.50. The predicted octanol–water partition coefficient (Wildman–Crippen LogP) is 4.23. The highest BCUT2D eigenvalue weighted by atomic mass is 16.5. The van der Waals surface area contributed by atoms with E-state index < -0.39 is 29.6 Å². The third-order valence-corrected chi connectivity index (χ3v) is 7.12. The van der Waals surface area contributed by atoms with Gasteiger partial charge in [0, 0.05) is 12.0 Å². The molecule has 7 heteroatoms. The Kier molecular flexibility index (Phi) is 6.72. The Morgan fingerprint density at radius 1 is 1.15 bits per heavy atom. The molecule has 7 nitrogen and oxygen atoms in total. The molecule has 2 aliphatic rings. The molecule has 2 aliphatic carbocycles. The lowest BCUT2D eigenvalue weighted by Crippen LogP contribution is -2.54. The molecular formula is C27H30N2O5. The maximum atomic E-state index is 13.0. The van der Waals surface area contributed by atoms with Gasteiger partial charge in [0.1, 0.15) is 12.6 Å². The van der Waals surface area contributed by atoms with E-state index in [-0.39, 0.29) is 24.9 Å². The summed E-state index contributed by atoms with van der Waals surface area (Å²) in [7, 11) is 0. The van der Waals surface area contributed by atoms with Gasteiger partial charge in [-0.3, -0.25) is 4.79 Å². The number of amides is 2. The third-order valence-electron chi connectivity index (χ3n) is 7.12. The van der Waals surface area contributed by atoms with Crippen molar-refractivity contribution in [2.45, 2.75) is 50.6 Å². The van der Waals surface area contributed by atoms with Crippen molar-refractivity contribution in [2.75, 3.05) is 6.61 Å². The fourth-order valence-corrected chi connectivity index (χ4v) is 5.16. The average Bonchev–Trinajstić information content (AvgIpc) is 3.36. The maximum absolute atomic E-state index is 13.0. The van der Waals surface area contributed by atoms with Crippen LogP contribution in [0.2, 0.25) is 0 Å². The van der Waals surface area contributed by atoms with Crippen molar-refractivity contribution in [1.29, 1.82) is 0 Å². The van der Waals surface area contributed by atoms with E-state index in [9.17, 15) is 19.5 Å². The highest BCUT2D eigenvalue weighted by Gasteiger charge is 2.47. The number of rotatable bonds is 8. The standard InChI is InChI=1S/C27H30N2O5/c1-3-9-22(24(30)31)28-25(32)27(2)15-8-14-23(27)29-26(33)34-16-21-19-12-6-4-10-17(19)18-11-5-7-13-20(18)21/h3-7,10-13,21-23H,1,8-9,14-16H2,2H3,(H,28,32)(H,29,33)(H,30,31). The second-order valence-electron chi connectivity index (χ2n) is 9.22. The first kappa shape index (κ1) is 23.5. The van der Waals surface area contributed by atoms with Crippen LogP contribution in [0.4, 0.5) is 4.79 Å². The summed E-state index contributed by atoms with van der Waals surface area (Å²) >= 11 is 0. The number of carboxylic acid groups (broad SMARTS) is 1. The van der Waals surface area contributed by atoms with Crippen molar-refractivity contribution in [2.24, 2.45) is 5.41 Å². The molecule has 4 rings (SSSR count). The molecule has 0 heterocycles. The normalized spacial score (nSPS) is 21.7. The SMILES string of the molecule is C=CCC(NC(=O)C1(C)CCCC1NC(=O)OCC1c2ccccc2-c2ccccc21)C(=O)O. The summed E-state index contributed by atoms with van der Waals surface area (Å²) in [6, 6.07) is 14.8. The lowest BCUT2D eigenvalue weighted by Gasteiger charge is -2.31. The van der Waals surface area contributed by atoms with Gasteiger partial charge < -0.3 is 20.5 Å². The Bertz CT molecular complexity index is 1070. The van der Waals surface area contributed by atoms with Crippen molar-refractivity contribution in [3.05, 3.63) is 72.3 Å². The zero-order chi connectivity index (χ0) is 24.3. The molecule has 2 aromatic rings. The number of carbonyl (C=O) groups is 3. The molecule has 0 spiro atoms. The first-order valence-corrected chi connectivity index (χ1v) is 11.6. The average molecular weight is 463 g/mol. The summed E-state index contributed by atoms with van der Waals surface area (Å²) in [4.78, 5) is 37.2. The number of hydrogen-bond acceptors (Lipinski definition) is 4. The molecule has 34 heavy (non-hydrogen) atoms. The summed E-state index contributed by atoms with van der Waals surface area (Å²) < 4.78 is 5.64. The first-order chi connectivity index (χ1) is 16.3. The van der Waals surface area contributed by atoms with Crippen molar-refractivity contribution >= 4 is 18.0 Å². The fourth-order valence-electron chi connectivity index (χ4n) is 5.16. The third kappa shape index (κ3) is 4.42. The molecule has 0 radical (unpaired) electrons. The van der Waals surface area contributed by atoms with Gasteiger partial charge in [-0.25, -0.2) is 9.59 Å². The van der Waals surface area contributed by atoms with E-state index in [1.54, 1.807) is 6.92 Å². The number of nitrogens with one attached hydrogen (secondary N) is 2. The summed E-state index contributed by atoms with van der Waals surface area (Å²) in [5.74, 6) is -1.55. The number of carbonyl (C=O) groups excluding carboxylic acids is 2. The van der Waals surface area contributed by atoms with Crippen LogP contribution in [-0.2, 0) is 14.3 Å². The molecule has 3 N–H and O–H groups in total. The largest absolute Gasteiger partial charge is 0.480 e. The van der Waals surface area contributed by atoms with Crippen molar-refractivity contribution in [3.63, 3.8) is 0 Å². The van der Waals surface area contributed by atoms with Crippen LogP contribution >= 0.6 is 0 Å². The highest BCUT2D eigenvalue weighted by Crippen LogP contribution is 2.44. The van der Waals surface area contributed by atoms with Gasteiger partial charge in [0.2, 0.25) is 5.91 Å². The van der Waals surface area contributed by atoms with Crippen LogP contribution in [0.15, 0.2) is 61.2 Å². The minimum absolute atomic E-state index is 0.0494. The van der Waals surface area contributed by atoms with Crippen LogP contribution in [0.1, 0.15) is 49.7 Å². The topological polar surface area (TPSA) is 105 Å². The summed E-state index contributed by atoms with van der Waals surface area (Å²) in [5.41, 5.74) is 3.65. The number of ether oxygens (including phenoxy) is 1. The van der Waals surface area contributed by atoms with E-state index in [4.69, 9.17) is 4.74 Å². The Morgan fingerprint density at radius 2 is 1.76 bits per heavy atom. The molecule has 0 aromatic heterocycles. The van der Waals surface area contributed by atoms with E-state index in [0.717, 1.165) is 28.7 Å². The Labute approximate surface area is 199 Å². The number of fused-ring (bicyclic) bond motifs is 3. The second-order valence-corrected chi connectivity index (χ2v) is 9.22. The van der Waals surface area contributed by atoms with Gasteiger partial charge in [-0.2, -0.15) is 0 Å². The molecular weight excluding hydrogens is 432 g/mol. The van der Waals surface area contributed by atoms with Gasteiger partial charge in [-0.15, -0.1) is 6.58 Å². The Morgan fingerprint density at radius 3 is 2.35 bits per heavy atom. The lowest BCUT2D eigenvalue weighted by atomic mass is 9.83. The van der Waals surface area contributed by atoms with Gasteiger partial charge in [-0.1, -0.05) is 61.0 Å². The van der Waals surface area contributed by atoms with Crippen LogP contribution in [0.25, 0.3) is 11.1 Å². The molecule has 0 bridgehead atoms. The molecule has 0 saturated heterocycles. The Balaban J connectivity index is 1.41. The van der Waals surface area contributed by atoms with Gasteiger partial charge in [-0.05, 0) is 48.4 Å². The number of carboxylic acids is 1. The van der Waals surface area contributed by atoms with E-state index in [0.29, 0.717) is 12.8 Å². The van der Waals surface area contributed by atoms with Gasteiger partial charge in [0.25, 0.3) is 0 Å². The van der Waals surface area contributed by atoms with Crippen molar-refractivity contribution < 1.29 is 24.2 Å². The van der Waals surface area contributed by atoms with E-state index in [1.165, 1.54) is 6.08 Å².